The van der Waals surface area contributed by atoms with Crippen LogP contribution in [0.15, 0.2) is 0 Å². The fourth-order valence-corrected chi connectivity index (χ4v) is 2.52. The highest BCUT2D eigenvalue weighted by Crippen LogP contribution is 2.13. The van der Waals surface area contributed by atoms with E-state index in [-0.39, 0.29) is 6.10 Å². The van der Waals surface area contributed by atoms with Gasteiger partial charge in [-0.15, -0.1) is 5.06 Å². The molecule has 1 aliphatic heterocycles. The monoisotopic (exact) mass is 285 g/mol. The van der Waals surface area contributed by atoms with Crippen LogP contribution in [0.4, 0.5) is 4.79 Å². The Balaban J connectivity index is 1.93. The Morgan fingerprint density at radius 3 is 2.30 bits per heavy atom. The van der Waals surface area contributed by atoms with Crippen LogP contribution in [0.1, 0.15) is 78.1 Å². The van der Waals surface area contributed by atoms with E-state index in [1.807, 2.05) is 6.92 Å². The highest BCUT2D eigenvalue weighted by molar-refractivity contribution is 5.59. The summed E-state index contributed by atoms with van der Waals surface area (Å²) in [7, 11) is 0. The molecule has 0 bridgehead atoms. The van der Waals surface area contributed by atoms with E-state index in [9.17, 15) is 4.79 Å². The maximum atomic E-state index is 11.5. The number of carbonyl (C=O) groups excluding carboxylic acids is 1. The Hall–Kier alpha value is -0.770. The maximum absolute atomic E-state index is 11.5. The average Bonchev–Trinajstić information content (AvgIpc) is 2.90. The Labute approximate surface area is 123 Å². The summed E-state index contributed by atoms with van der Waals surface area (Å²) >= 11 is 0. The van der Waals surface area contributed by atoms with Gasteiger partial charge in [-0.05, 0) is 32.6 Å². The van der Waals surface area contributed by atoms with Crippen molar-refractivity contribution in [1.29, 1.82) is 0 Å². The minimum absolute atomic E-state index is 0.0410. The lowest BCUT2D eigenvalue weighted by atomic mass is 10.1. The predicted molar refractivity (Wildman–Crippen MR) is 80.4 cm³/mol. The van der Waals surface area contributed by atoms with E-state index in [1.165, 1.54) is 38.5 Å². The largest absolute Gasteiger partial charge is 0.528 e. The van der Waals surface area contributed by atoms with Gasteiger partial charge in [0.25, 0.3) is 0 Å². The van der Waals surface area contributed by atoms with E-state index in [2.05, 4.69) is 6.92 Å². The molecule has 1 atom stereocenters. The van der Waals surface area contributed by atoms with Crippen LogP contribution in [-0.2, 0) is 9.57 Å². The van der Waals surface area contributed by atoms with Crippen LogP contribution >= 0.6 is 0 Å². The zero-order valence-electron chi connectivity index (χ0n) is 13.2. The van der Waals surface area contributed by atoms with Crippen LogP contribution in [-0.4, -0.2) is 30.4 Å². The summed E-state index contributed by atoms with van der Waals surface area (Å²) in [6.07, 6.45) is 11.5. The lowest BCUT2D eigenvalue weighted by molar-refractivity contribution is -0.120. The Morgan fingerprint density at radius 2 is 1.65 bits per heavy atom. The summed E-state index contributed by atoms with van der Waals surface area (Å²) in [6, 6.07) is 0. The molecule has 0 aromatic rings. The Kier molecular flexibility index (Phi) is 9.46. The fourth-order valence-electron chi connectivity index (χ4n) is 2.52. The first kappa shape index (κ1) is 17.3. The Bertz CT molecular complexity index is 252. The van der Waals surface area contributed by atoms with Gasteiger partial charge in [-0.25, -0.2) is 4.79 Å². The third-order valence-corrected chi connectivity index (χ3v) is 3.78. The molecule has 1 heterocycles. The summed E-state index contributed by atoms with van der Waals surface area (Å²) in [5.41, 5.74) is 0. The van der Waals surface area contributed by atoms with Crippen molar-refractivity contribution in [2.75, 3.05) is 13.1 Å². The molecule has 1 unspecified atom stereocenters. The van der Waals surface area contributed by atoms with Crippen LogP contribution in [0.3, 0.4) is 0 Å². The summed E-state index contributed by atoms with van der Waals surface area (Å²) < 4.78 is 5.25. The van der Waals surface area contributed by atoms with Crippen LogP contribution < -0.4 is 0 Å². The number of hydroxylamine groups is 2. The standard InChI is InChI=1S/C16H31NO3/c1-3-4-5-6-7-8-9-12-15(2)19-16(18)20-17-13-10-11-14-17/h15H,3-14H2,1-2H3. The molecule has 0 amide bonds. The second-order valence-corrected chi connectivity index (χ2v) is 5.82. The van der Waals surface area contributed by atoms with Gasteiger partial charge in [0.1, 0.15) is 6.10 Å². The molecule has 0 aromatic carbocycles. The molecule has 0 N–H and O–H groups in total. The SMILES string of the molecule is CCCCCCCCCC(C)OC(=O)ON1CCCC1. The van der Waals surface area contributed by atoms with Crippen molar-refractivity contribution in [1.82, 2.24) is 5.06 Å². The molecule has 20 heavy (non-hydrogen) atoms. The van der Waals surface area contributed by atoms with Gasteiger partial charge >= 0.3 is 6.16 Å². The van der Waals surface area contributed by atoms with Crippen LogP contribution in [0.2, 0.25) is 0 Å². The topological polar surface area (TPSA) is 38.8 Å². The molecule has 0 aromatic heterocycles. The molecule has 4 heteroatoms. The van der Waals surface area contributed by atoms with E-state index in [4.69, 9.17) is 9.57 Å². The number of unbranched alkanes of at least 4 members (excludes halogenated alkanes) is 6. The van der Waals surface area contributed by atoms with Crippen LogP contribution in [0.25, 0.3) is 0 Å². The number of hydrogen-bond acceptors (Lipinski definition) is 4. The quantitative estimate of drug-likeness (QED) is 0.431. The van der Waals surface area contributed by atoms with Crippen LogP contribution in [0, 0.1) is 0 Å². The van der Waals surface area contributed by atoms with Gasteiger partial charge in [0.05, 0.1) is 0 Å². The Morgan fingerprint density at radius 1 is 1.05 bits per heavy atom. The van der Waals surface area contributed by atoms with Gasteiger partial charge in [0.2, 0.25) is 0 Å². The van der Waals surface area contributed by atoms with E-state index >= 15 is 0 Å². The lowest BCUT2D eigenvalue weighted by Crippen LogP contribution is -2.26. The molecule has 1 aliphatic rings. The lowest BCUT2D eigenvalue weighted by Gasteiger charge is -2.17. The first-order valence-electron chi connectivity index (χ1n) is 8.36. The highest BCUT2D eigenvalue weighted by atomic mass is 16.8. The molecule has 0 aliphatic carbocycles. The third-order valence-electron chi connectivity index (χ3n) is 3.78. The number of carbonyl (C=O) groups is 1. The number of hydrogen-bond donors (Lipinski definition) is 0. The maximum Gasteiger partial charge on any atom is 0.528 e. The third kappa shape index (κ3) is 8.41. The second kappa shape index (κ2) is 11.0. The van der Waals surface area contributed by atoms with E-state index < -0.39 is 6.16 Å². The average molecular weight is 285 g/mol. The zero-order valence-corrected chi connectivity index (χ0v) is 13.2. The van der Waals surface area contributed by atoms with Gasteiger partial charge in [0, 0.05) is 13.1 Å². The molecule has 0 radical (unpaired) electrons. The molecular weight excluding hydrogens is 254 g/mol. The van der Waals surface area contributed by atoms with E-state index in [0.29, 0.717) is 0 Å². The fraction of sp³-hybridized carbons (Fsp3) is 0.938. The van der Waals surface area contributed by atoms with Crippen molar-refractivity contribution in [3.05, 3.63) is 0 Å². The molecule has 0 spiro atoms. The van der Waals surface area contributed by atoms with Gasteiger partial charge in [-0.1, -0.05) is 45.4 Å². The molecule has 4 nitrogen and oxygen atoms in total. The molecule has 1 saturated heterocycles. The second-order valence-electron chi connectivity index (χ2n) is 5.82. The van der Waals surface area contributed by atoms with Crippen LogP contribution in [0.5, 0.6) is 0 Å². The van der Waals surface area contributed by atoms with E-state index in [0.717, 1.165) is 38.8 Å². The molecule has 118 valence electrons. The first-order valence-corrected chi connectivity index (χ1v) is 8.36. The van der Waals surface area contributed by atoms with Crippen molar-refractivity contribution in [2.24, 2.45) is 0 Å². The minimum Gasteiger partial charge on any atom is -0.430 e. The number of rotatable bonds is 10. The predicted octanol–water partition coefficient (Wildman–Crippen LogP) is 4.68. The van der Waals surface area contributed by atoms with Gasteiger partial charge < -0.3 is 9.57 Å². The molecular formula is C16H31NO3. The highest BCUT2D eigenvalue weighted by Gasteiger charge is 2.18. The summed E-state index contributed by atoms with van der Waals surface area (Å²) in [5.74, 6) is 0. The normalized spacial score (nSPS) is 17.1. The van der Waals surface area contributed by atoms with Gasteiger partial charge in [-0.2, -0.15) is 0 Å². The van der Waals surface area contributed by atoms with Gasteiger partial charge in [0.15, 0.2) is 0 Å². The van der Waals surface area contributed by atoms with E-state index in [1.54, 1.807) is 5.06 Å². The summed E-state index contributed by atoms with van der Waals surface area (Å²) in [5, 5.41) is 1.70. The summed E-state index contributed by atoms with van der Waals surface area (Å²) in [6.45, 7) is 5.85. The number of nitrogens with zero attached hydrogens (tertiary/aromatic N) is 1. The molecule has 1 rings (SSSR count). The van der Waals surface area contributed by atoms with Crippen molar-refractivity contribution in [3.63, 3.8) is 0 Å². The van der Waals surface area contributed by atoms with Crippen molar-refractivity contribution in [3.8, 4) is 0 Å². The minimum atomic E-state index is -0.539. The van der Waals surface area contributed by atoms with Crippen molar-refractivity contribution >= 4 is 6.16 Å². The molecule has 1 fully saturated rings. The van der Waals surface area contributed by atoms with Crippen molar-refractivity contribution < 1.29 is 14.4 Å². The van der Waals surface area contributed by atoms with Gasteiger partial charge in [-0.3, -0.25) is 0 Å². The first-order chi connectivity index (χ1) is 9.72. The summed E-state index contributed by atoms with van der Waals surface area (Å²) in [4.78, 5) is 16.7. The molecule has 0 saturated carbocycles. The zero-order chi connectivity index (χ0) is 14.6. The van der Waals surface area contributed by atoms with Crippen molar-refractivity contribution in [2.45, 2.75) is 84.2 Å². The smallest absolute Gasteiger partial charge is 0.430 e. The number of ether oxygens (including phenoxy) is 1.